The van der Waals surface area contributed by atoms with Gasteiger partial charge in [0, 0.05) is 19.6 Å². The lowest BCUT2D eigenvalue weighted by Gasteiger charge is -2.20. The highest BCUT2D eigenvalue weighted by atomic mass is 127. The van der Waals surface area contributed by atoms with E-state index in [0.717, 1.165) is 39.1 Å². The number of carbonyl (C=O) groups excluding carboxylic acids is 1. The number of halogens is 1. The van der Waals surface area contributed by atoms with Crippen molar-refractivity contribution in [1.29, 1.82) is 0 Å². The van der Waals surface area contributed by atoms with Crippen molar-refractivity contribution < 1.29 is 9.53 Å². The lowest BCUT2D eigenvalue weighted by molar-refractivity contribution is 0.0999. The Hall–Kier alpha value is -2.71. The maximum Gasteiger partial charge on any atom is 0.264 e. The van der Waals surface area contributed by atoms with Gasteiger partial charge in [0.1, 0.15) is 5.75 Å². The van der Waals surface area contributed by atoms with E-state index in [9.17, 15) is 4.79 Å². The van der Waals surface area contributed by atoms with Crippen LogP contribution in [-0.4, -0.2) is 18.0 Å². The summed E-state index contributed by atoms with van der Waals surface area (Å²) < 4.78 is 6.32. The second-order valence-corrected chi connectivity index (χ2v) is 9.54. The first-order valence-electron chi connectivity index (χ1n) is 10.4. The van der Waals surface area contributed by atoms with Crippen molar-refractivity contribution in [3.8, 4) is 17.0 Å². The summed E-state index contributed by atoms with van der Waals surface area (Å²) in [4.78, 5) is 21.6. The first-order valence-corrected chi connectivity index (χ1v) is 12.3. The average molecular weight is 554 g/mol. The standard InChI is InChI=1S/C26H23IN2O2S/c1-3-8-23-24(18-9-5-4-6-10-18)28-26(32-23)29(21-13-15-22(31-2)16-14-21)25(30)19-11-7-12-20(27)17-19/h4-7,9-17H,3,8H2,1-2H3. The minimum absolute atomic E-state index is 0.106. The van der Waals surface area contributed by atoms with E-state index in [0.29, 0.717) is 10.7 Å². The number of nitrogens with zero attached hydrogens (tertiary/aromatic N) is 2. The van der Waals surface area contributed by atoms with Gasteiger partial charge in [-0.2, -0.15) is 0 Å². The summed E-state index contributed by atoms with van der Waals surface area (Å²) in [5.41, 5.74) is 3.39. The van der Waals surface area contributed by atoms with Crippen molar-refractivity contribution in [3.05, 3.63) is 92.9 Å². The molecule has 0 spiro atoms. The molecule has 0 bridgehead atoms. The molecule has 3 aromatic carbocycles. The summed E-state index contributed by atoms with van der Waals surface area (Å²) in [6.07, 6.45) is 1.92. The Balaban J connectivity index is 1.85. The zero-order valence-electron chi connectivity index (χ0n) is 17.9. The van der Waals surface area contributed by atoms with E-state index >= 15 is 0 Å². The first kappa shape index (κ1) is 22.5. The highest BCUT2D eigenvalue weighted by Crippen LogP contribution is 2.38. The maximum atomic E-state index is 13.7. The van der Waals surface area contributed by atoms with E-state index in [1.807, 2.05) is 66.7 Å². The van der Waals surface area contributed by atoms with E-state index in [1.165, 1.54) is 4.88 Å². The molecule has 0 radical (unpaired) electrons. The number of ether oxygens (including phenoxy) is 1. The summed E-state index contributed by atoms with van der Waals surface area (Å²) in [6, 6.07) is 25.3. The second-order valence-electron chi connectivity index (χ2n) is 7.23. The molecule has 1 amide bonds. The predicted octanol–water partition coefficient (Wildman–Crippen LogP) is 7.35. The molecule has 0 saturated carbocycles. The van der Waals surface area contributed by atoms with Crippen LogP contribution >= 0.6 is 33.9 Å². The topological polar surface area (TPSA) is 42.4 Å². The van der Waals surface area contributed by atoms with Crippen molar-refractivity contribution in [2.24, 2.45) is 0 Å². The van der Waals surface area contributed by atoms with Gasteiger partial charge in [-0.15, -0.1) is 11.3 Å². The van der Waals surface area contributed by atoms with Gasteiger partial charge in [0.2, 0.25) is 0 Å². The first-order chi connectivity index (χ1) is 15.6. The number of benzene rings is 3. The third kappa shape index (κ3) is 4.86. The van der Waals surface area contributed by atoms with Crippen LogP contribution in [0.15, 0.2) is 78.9 Å². The lowest BCUT2D eigenvalue weighted by Crippen LogP contribution is -2.26. The number of methoxy groups -OCH3 is 1. The molecular formula is C26H23IN2O2S. The zero-order chi connectivity index (χ0) is 22.5. The third-order valence-corrected chi connectivity index (χ3v) is 6.78. The monoisotopic (exact) mass is 554 g/mol. The Morgan fingerprint density at radius 2 is 1.78 bits per heavy atom. The number of aryl methyl sites for hydroxylation is 1. The van der Waals surface area contributed by atoms with Crippen LogP contribution in [0.3, 0.4) is 0 Å². The molecule has 6 heteroatoms. The maximum absolute atomic E-state index is 13.7. The fraction of sp³-hybridized carbons (Fsp3) is 0.154. The number of thiazole rings is 1. The number of amides is 1. The normalized spacial score (nSPS) is 10.7. The van der Waals surface area contributed by atoms with Crippen molar-refractivity contribution in [2.45, 2.75) is 19.8 Å². The van der Waals surface area contributed by atoms with E-state index in [1.54, 1.807) is 23.3 Å². The predicted molar refractivity (Wildman–Crippen MR) is 140 cm³/mol. The molecule has 162 valence electrons. The van der Waals surface area contributed by atoms with Gasteiger partial charge in [0.15, 0.2) is 5.13 Å². The van der Waals surface area contributed by atoms with Crippen LogP contribution in [0.2, 0.25) is 0 Å². The summed E-state index contributed by atoms with van der Waals surface area (Å²) in [7, 11) is 1.63. The minimum atomic E-state index is -0.106. The van der Waals surface area contributed by atoms with Crippen LogP contribution in [0, 0.1) is 3.57 Å². The SMILES string of the molecule is CCCc1sc(N(C(=O)c2cccc(I)c2)c2ccc(OC)cc2)nc1-c1ccccc1. The van der Waals surface area contributed by atoms with Crippen molar-refractivity contribution in [2.75, 3.05) is 12.0 Å². The molecule has 4 aromatic rings. The summed E-state index contributed by atoms with van der Waals surface area (Å²) in [5, 5.41) is 0.668. The Kier molecular flexibility index (Phi) is 7.22. The molecule has 4 nitrogen and oxygen atoms in total. The molecule has 0 N–H and O–H groups in total. The summed E-state index contributed by atoms with van der Waals surface area (Å²) in [5.74, 6) is 0.635. The van der Waals surface area contributed by atoms with Crippen LogP contribution in [0.5, 0.6) is 5.75 Å². The van der Waals surface area contributed by atoms with Crippen LogP contribution in [0.25, 0.3) is 11.3 Å². The summed E-state index contributed by atoms with van der Waals surface area (Å²) in [6.45, 7) is 2.16. The second kappa shape index (κ2) is 10.3. The largest absolute Gasteiger partial charge is 0.497 e. The van der Waals surface area contributed by atoms with Gasteiger partial charge in [0.25, 0.3) is 5.91 Å². The van der Waals surface area contributed by atoms with Gasteiger partial charge >= 0.3 is 0 Å². The minimum Gasteiger partial charge on any atom is -0.497 e. The van der Waals surface area contributed by atoms with E-state index in [-0.39, 0.29) is 5.91 Å². The molecule has 0 atom stereocenters. The quantitative estimate of drug-likeness (QED) is 0.224. The van der Waals surface area contributed by atoms with Crippen LogP contribution in [0.4, 0.5) is 10.8 Å². The van der Waals surface area contributed by atoms with Crippen LogP contribution in [0.1, 0.15) is 28.6 Å². The number of aromatic nitrogens is 1. The molecule has 0 aliphatic carbocycles. The molecule has 1 heterocycles. The Morgan fingerprint density at radius 3 is 2.44 bits per heavy atom. The number of hydrogen-bond acceptors (Lipinski definition) is 4. The fourth-order valence-corrected chi connectivity index (χ4v) is 5.20. The molecule has 0 unspecified atom stereocenters. The molecule has 0 aliphatic heterocycles. The molecule has 1 aromatic heterocycles. The van der Waals surface area contributed by atoms with Crippen molar-refractivity contribution >= 4 is 50.7 Å². The third-order valence-electron chi connectivity index (χ3n) is 5.01. The lowest BCUT2D eigenvalue weighted by atomic mass is 10.1. The fourth-order valence-electron chi connectivity index (χ4n) is 3.45. The number of carbonyl (C=O) groups is 1. The average Bonchev–Trinajstić information content (AvgIpc) is 3.24. The van der Waals surface area contributed by atoms with Gasteiger partial charge in [0.05, 0.1) is 18.5 Å². The smallest absolute Gasteiger partial charge is 0.264 e. The van der Waals surface area contributed by atoms with Crippen LogP contribution in [-0.2, 0) is 6.42 Å². The molecule has 0 aliphatic rings. The summed E-state index contributed by atoms with van der Waals surface area (Å²) >= 11 is 3.81. The molecular weight excluding hydrogens is 531 g/mol. The van der Waals surface area contributed by atoms with E-state index in [2.05, 4.69) is 41.6 Å². The number of anilines is 2. The van der Waals surface area contributed by atoms with Gasteiger partial charge in [-0.05, 0) is 71.5 Å². The van der Waals surface area contributed by atoms with Gasteiger partial charge < -0.3 is 4.74 Å². The van der Waals surface area contributed by atoms with Gasteiger partial charge in [-0.3, -0.25) is 9.69 Å². The Bertz CT molecular complexity index is 1210. The highest BCUT2D eigenvalue weighted by Gasteiger charge is 2.25. The molecule has 32 heavy (non-hydrogen) atoms. The van der Waals surface area contributed by atoms with Crippen LogP contribution < -0.4 is 9.64 Å². The zero-order valence-corrected chi connectivity index (χ0v) is 20.9. The molecule has 4 rings (SSSR count). The Morgan fingerprint density at radius 1 is 1.03 bits per heavy atom. The van der Waals surface area contributed by atoms with E-state index in [4.69, 9.17) is 9.72 Å². The highest BCUT2D eigenvalue weighted by molar-refractivity contribution is 14.1. The molecule has 0 saturated heterocycles. The van der Waals surface area contributed by atoms with E-state index < -0.39 is 0 Å². The van der Waals surface area contributed by atoms with Gasteiger partial charge in [-0.25, -0.2) is 4.98 Å². The van der Waals surface area contributed by atoms with Crippen molar-refractivity contribution in [1.82, 2.24) is 4.98 Å². The Labute approximate surface area is 206 Å². The molecule has 0 fully saturated rings. The van der Waals surface area contributed by atoms with Crippen molar-refractivity contribution in [3.63, 3.8) is 0 Å². The number of hydrogen-bond donors (Lipinski definition) is 0. The number of rotatable bonds is 7. The van der Waals surface area contributed by atoms with Gasteiger partial charge in [-0.1, -0.05) is 49.7 Å².